The number of rotatable bonds is 6. The van der Waals surface area contributed by atoms with Gasteiger partial charge in [0.25, 0.3) is 0 Å². The second-order valence-electron chi connectivity index (χ2n) is 6.54. The van der Waals surface area contributed by atoms with Gasteiger partial charge < -0.3 is 10.2 Å². The third kappa shape index (κ3) is 4.30. The average molecular weight is 347 g/mol. The zero-order valence-electron chi connectivity index (χ0n) is 14.2. The summed E-state index contributed by atoms with van der Waals surface area (Å²) < 4.78 is 0. The van der Waals surface area contributed by atoms with Crippen LogP contribution < -0.4 is 5.32 Å². The number of hydrogen-bond donors (Lipinski definition) is 1. The van der Waals surface area contributed by atoms with E-state index >= 15 is 0 Å². The first-order valence-electron chi connectivity index (χ1n) is 8.56. The maximum Gasteiger partial charge on any atom is 0.239 e. The molecule has 0 saturated carbocycles. The Labute approximate surface area is 147 Å². The van der Waals surface area contributed by atoms with Crippen LogP contribution in [0.1, 0.15) is 30.0 Å². The molecule has 3 rings (SSSR count). The van der Waals surface area contributed by atoms with Crippen LogP contribution in [-0.4, -0.2) is 59.4 Å². The predicted octanol–water partition coefficient (Wildman–Crippen LogP) is 1.78. The zero-order chi connectivity index (χ0) is 16.9. The topological polar surface area (TPSA) is 52.7 Å². The standard InChI is InChI=1S/C18H25N3O2S/c1-14-4-6-15(7-5-14)16(20-8-2-3-9-20)10-19-17(22)11-21-13-24-12-18(21)23/h4-7,16H,2-3,8-13H2,1H3,(H,19,22)/t16-/m0/s1. The Morgan fingerprint density at radius 3 is 2.58 bits per heavy atom. The van der Waals surface area contributed by atoms with Gasteiger partial charge >= 0.3 is 0 Å². The van der Waals surface area contributed by atoms with Gasteiger partial charge in [-0.2, -0.15) is 0 Å². The van der Waals surface area contributed by atoms with Crippen LogP contribution >= 0.6 is 11.8 Å². The highest BCUT2D eigenvalue weighted by Crippen LogP contribution is 2.25. The van der Waals surface area contributed by atoms with Crippen LogP contribution in [0.5, 0.6) is 0 Å². The quantitative estimate of drug-likeness (QED) is 0.852. The van der Waals surface area contributed by atoms with E-state index in [4.69, 9.17) is 0 Å². The minimum atomic E-state index is -0.0674. The van der Waals surface area contributed by atoms with Gasteiger partial charge in [0, 0.05) is 6.54 Å². The summed E-state index contributed by atoms with van der Waals surface area (Å²) >= 11 is 1.56. The largest absolute Gasteiger partial charge is 0.353 e. The van der Waals surface area contributed by atoms with Gasteiger partial charge in [-0.15, -0.1) is 11.8 Å². The van der Waals surface area contributed by atoms with Gasteiger partial charge in [-0.05, 0) is 38.4 Å². The summed E-state index contributed by atoms with van der Waals surface area (Å²) in [6, 6.07) is 8.78. The minimum Gasteiger partial charge on any atom is -0.353 e. The molecule has 1 atom stereocenters. The number of amides is 2. The lowest BCUT2D eigenvalue weighted by atomic mass is 10.0. The zero-order valence-corrected chi connectivity index (χ0v) is 15.0. The van der Waals surface area contributed by atoms with Crippen molar-refractivity contribution >= 4 is 23.6 Å². The molecule has 0 aromatic heterocycles. The molecule has 0 spiro atoms. The van der Waals surface area contributed by atoms with Crippen molar-refractivity contribution in [3.8, 4) is 0 Å². The first kappa shape index (κ1) is 17.3. The van der Waals surface area contributed by atoms with E-state index in [9.17, 15) is 9.59 Å². The Bertz CT molecular complexity index is 584. The number of aryl methyl sites for hydroxylation is 1. The van der Waals surface area contributed by atoms with Crippen LogP contribution in [0.25, 0.3) is 0 Å². The summed E-state index contributed by atoms with van der Waals surface area (Å²) in [7, 11) is 0. The lowest BCUT2D eigenvalue weighted by molar-refractivity contribution is -0.132. The van der Waals surface area contributed by atoms with Crippen LogP contribution in [0.3, 0.4) is 0 Å². The highest BCUT2D eigenvalue weighted by atomic mass is 32.2. The summed E-state index contributed by atoms with van der Waals surface area (Å²) in [6.45, 7) is 5.01. The third-order valence-corrected chi connectivity index (χ3v) is 5.64. The molecule has 1 N–H and O–H groups in total. The number of hydrogen-bond acceptors (Lipinski definition) is 4. The number of carbonyl (C=O) groups excluding carboxylic acids is 2. The fourth-order valence-corrected chi connectivity index (χ4v) is 4.18. The van der Waals surface area contributed by atoms with Crippen molar-refractivity contribution in [2.75, 3.05) is 37.8 Å². The van der Waals surface area contributed by atoms with Gasteiger partial charge in [0.1, 0.15) is 6.54 Å². The van der Waals surface area contributed by atoms with Crippen molar-refractivity contribution < 1.29 is 9.59 Å². The molecule has 0 radical (unpaired) electrons. The fraction of sp³-hybridized carbons (Fsp3) is 0.556. The van der Waals surface area contributed by atoms with Crippen molar-refractivity contribution in [2.24, 2.45) is 0 Å². The molecule has 1 aromatic carbocycles. The molecule has 24 heavy (non-hydrogen) atoms. The lowest BCUT2D eigenvalue weighted by Crippen LogP contribution is -2.42. The molecular weight excluding hydrogens is 322 g/mol. The van der Waals surface area contributed by atoms with Crippen LogP contribution in [0.2, 0.25) is 0 Å². The van der Waals surface area contributed by atoms with Crippen molar-refractivity contribution in [3.63, 3.8) is 0 Å². The Kier molecular flexibility index (Phi) is 5.79. The molecule has 2 aliphatic rings. The number of nitrogens with one attached hydrogen (secondary N) is 1. The van der Waals surface area contributed by atoms with E-state index in [0.29, 0.717) is 18.2 Å². The van der Waals surface area contributed by atoms with Crippen molar-refractivity contribution in [1.82, 2.24) is 15.1 Å². The number of nitrogens with zero attached hydrogens (tertiary/aromatic N) is 2. The summed E-state index contributed by atoms with van der Waals surface area (Å²) in [5.74, 6) is 1.11. The maximum atomic E-state index is 12.2. The summed E-state index contributed by atoms with van der Waals surface area (Å²) in [5, 5.41) is 3.04. The second-order valence-corrected chi connectivity index (χ2v) is 7.50. The fourth-order valence-electron chi connectivity index (χ4n) is 3.28. The van der Waals surface area contributed by atoms with Gasteiger partial charge in [0.2, 0.25) is 11.8 Å². The monoisotopic (exact) mass is 347 g/mol. The Morgan fingerprint density at radius 1 is 1.25 bits per heavy atom. The van der Waals surface area contributed by atoms with Crippen LogP contribution in [0.15, 0.2) is 24.3 Å². The van der Waals surface area contributed by atoms with E-state index in [0.717, 1.165) is 13.1 Å². The Morgan fingerprint density at radius 2 is 1.96 bits per heavy atom. The first-order valence-corrected chi connectivity index (χ1v) is 9.72. The molecule has 130 valence electrons. The molecular formula is C18H25N3O2S. The molecule has 0 aliphatic carbocycles. The highest BCUT2D eigenvalue weighted by Gasteiger charge is 2.26. The number of likely N-dealkylation sites (tertiary alicyclic amines) is 1. The van der Waals surface area contributed by atoms with Gasteiger partial charge in [0.05, 0.1) is 17.7 Å². The van der Waals surface area contributed by atoms with Gasteiger partial charge in [-0.1, -0.05) is 29.8 Å². The van der Waals surface area contributed by atoms with Crippen molar-refractivity contribution in [1.29, 1.82) is 0 Å². The molecule has 0 bridgehead atoms. The Balaban J connectivity index is 1.60. The van der Waals surface area contributed by atoms with Gasteiger partial charge in [0.15, 0.2) is 0 Å². The molecule has 1 aromatic rings. The van der Waals surface area contributed by atoms with E-state index in [-0.39, 0.29) is 24.4 Å². The average Bonchev–Trinajstić information content (AvgIpc) is 3.22. The Hall–Kier alpha value is -1.53. The van der Waals surface area contributed by atoms with E-state index in [1.54, 1.807) is 16.7 Å². The van der Waals surface area contributed by atoms with Crippen molar-refractivity contribution in [3.05, 3.63) is 35.4 Å². The number of benzene rings is 1. The first-order chi connectivity index (χ1) is 11.6. The summed E-state index contributed by atoms with van der Waals surface area (Å²) in [4.78, 5) is 27.9. The van der Waals surface area contributed by atoms with Crippen LogP contribution in [-0.2, 0) is 9.59 Å². The number of carbonyl (C=O) groups is 2. The van der Waals surface area contributed by atoms with Crippen LogP contribution in [0.4, 0.5) is 0 Å². The minimum absolute atomic E-state index is 0.0600. The molecule has 2 heterocycles. The molecule has 2 amide bonds. The van der Waals surface area contributed by atoms with Gasteiger partial charge in [-0.3, -0.25) is 14.5 Å². The molecule has 5 nitrogen and oxygen atoms in total. The maximum absolute atomic E-state index is 12.2. The molecule has 0 unspecified atom stereocenters. The van der Waals surface area contributed by atoms with E-state index in [1.165, 1.54) is 24.0 Å². The molecule has 6 heteroatoms. The summed E-state index contributed by atoms with van der Waals surface area (Å²) in [6.07, 6.45) is 2.44. The van der Waals surface area contributed by atoms with E-state index in [1.807, 2.05) is 0 Å². The molecule has 2 saturated heterocycles. The highest BCUT2D eigenvalue weighted by molar-refractivity contribution is 8.00. The smallest absolute Gasteiger partial charge is 0.239 e. The molecule has 2 fully saturated rings. The summed E-state index contributed by atoms with van der Waals surface area (Å²) in [5.41, 5.74) is 2.49. The second kappa shape index (κ2) is 8.03. The van der Waals surface area contributed by atoms with E-state index in [2.05, 4.69) is 41.4 Å². The third-order valence-electron chi connectivity index (χ3n) is 4.70. The van der Waals surface area contributed by atoms with Crippen molar-refractivity contribution in [2.45, 2.75) is 25.8 Å². The van der Waals surface area contributed by atoms with Gasteiger partial charge in [-0.25, -0.2) is 0 Å². The SMILES string of the molecule is Cc1ccc([C@H](CNC(=O)CN2CSCC2=O)N2CCCC2)cc1. The number of thioether (sulfide) groups is 1. The van der Waals surface area contributed by atoms with Crippen LogP contribution in [0, 0.1) is 6.92 Å². The van der Waals surface area contributed by atoms with E-state index < -0.39 is 0 Å². The normalized spacial score (nSPS) is 19.7. The molecule has 2 aliphatic heterocycles. The predicted molar refractivity (Wildman–Crippen MR) is 96.8 cm³/mol. The lowest BCUT2D eigenvalue weighted by Gasteiger charge is -2.28.